The lowest BCUT2D eigenvalue weighted by molar-refractivity contribution is 0.0951. The van der Waals surface area contributed by atoms with Crippen LogP contribution in [0.5, 0.6) is 0 Å². The highest BCUT2D eigenvalue weighted by Gasteiger charge is 2.24. The largest absolute Gasteiger partial charge is 0.367 e. The van der Waals surface area contributed by atoms with E-state index in [0.717, 1.165) is 37.1 Å². The summed E-state index contributed by atoms with van der Waals surface area (Å²) < 4.78 is 29.9. The van der Waals surface area contributed by atoms with Crippen LogP contribution in [0.1, 0.15) is 36.0 Å². The van der Waals surface area contributed by atoms with Crippen LogP contribution in [0, 0.1) is 17.6 Å². The minimum Gasteiger partial charge on any atom is -0.367 e. The van der Waals surface area contributed by atoms with E-state index in [9.17, 15) is 13.6 Å². The fourth-order valence-electron chi connectivity index (χ4n) is 3.90. The number of carbonyl (C=O) groups is 1. The predicted molar refractivity (Wildman–Crippen MR) is 118 cm³/mol. The zero-order valence-electron chi connectivity index (χ0n) is 17.2. The van der Waals surface area contributed by atoms with Crippen molar-refractivity contribution in [1.29, 1.82) is 0 Å². The number of benzene rings is 2. The molecule has 0 unspecified atom stereocenters. The molecule has 2 N–H and O–H groups in total. The molecule has 2 aromatic carbocycles. The number of hydrogen-bond acceptors (Lipinski definition) is 4. The zero-order chi connectivity index (χ0) is 21.8. The van der Waals surface area contributed by atoms with Gasteiger partial charge in [-0.25, -0.2) is 18.7 Å². The predicted octanol–water partition coefficient (Wildman–Crippen LogP) is 4.54. The molecule has 0 radical (unpaired) electrons. The quantitative estimate of drug-likeness (QED) is 0.468. The molecule has 0 spiro atoms. The molecule has 2 fully saturated rings. The lowest BCUT2D eigenvalue weighted by Crippen LogP contribution is -2.25. The second kappa shape index (κ2) is 7.25. The van der Waals surface area contributed by atoms with E-state index >= 15 is 0 Å². The molecule has 1 amide bonds. The first kappa shape index (κ1) is 19.2. The summed E-state index contributed by atoms with van der Waals surface area (Å²) in [6.07, 6.45) is 6.11. The SMILES string of the molecule is O=C(NC1CC1)c1ccc(-c2cnc3c(NCC4CC4)nc4cc(F)c(F)cc4n23)cc1. The summed E-state index contributed by atoms with van der Waals surface area (Å²) in [4.78, 5) is 21.4. The Bertz CT molecular complexity index is 1360. The van der Waals surface area contributed by atoms with E-state index in [1.165, 1.54) is 12.8 Å². The molecule has 0 saturated heterocycles. The Hall–Kier alpha value is -3.55. The van der Waals surface area contributed by atoms with Crippen LogP contribution >= 0.6 is 0 Å². The van der Waals surface area contributed by atoms with Crippen LogP contribution in [-0.4, -0.2) is 32.9 Å². The van der Waals surface area contributed by atoms with Crippen molar-refractivity contribution in [2.24, 2.45) is 5.92 Å². The molecule has 32 heavy (non-hydrogen) atoms. The second-order valence-corrected chi connectivity index (χ2v) is 8.67. The molecule has 2 heterocycles. The maximum absolute atomic E-state index is 14.1. The maximum atomic E-state index is 14.1. The Balaban J connectivity index is 1.46. The minimum absolute atomic E-state index is 0.0871. The molecule has 162 valence electrons. The van der Waals surface area contributed by atoms with Crippen molar-refractivity contribution < 1.29 is 13.6 Å². The molecule has 2 aromatic heterocycles. The van der Waals surface area contributed by atoms with Crippen LogP contribution in [0.2, 0.25) is 0 Å². The normalized spacial score (nSPS) is 15.9. The summed E-state index contributed by atoms with van der Waals surface area (Å²) in [5.74, 6) is -0.810. The third-order valence-corrected chi connectivity index (χ3v) is 6.07. The monoisotopic (exact) mass is 433 g/mol. The number of nitrogens with one attached hydrogen (secondary N) is 2. The first-order valence-electron chi connectivity index (χ1n) is 10.9. The lowest BCUT2D eigenvalue weighted by atomic mass is 10.1. The number of rotatable bonds is 6. The maximum Gasteiger partial charge on any atom is 0.251 e. The molecule has 6 rings (SSSR count). The molecule has 0 atom stereocenters. The van der Waals surface area contributed by atoms with Crippen LogP contribution in [0.3, 0.4) is 0 Å². The molecule has 0 bridgehead atoms. The van der Waals surface area contributed by atoms with Crippen molar-refractivity contribution in [3.63, 3.8) is 0 Å². The Morgan fingerprint density at radius 2 is 1.81 bits per heavy atom. The van der Waals surface area contributed by atoms with Gasteiger partial charge in [-0.1, -0.05) is 12.1 Å². The van der Waals surface area contributed by atoms with E-state index in [0.29, 0.717) is 39.7 Å². The fraction of sp³-hybridized carbons (Fsp3) is 0.292. The summed E-state index contributed by atoms with van der Waals surface area (Å²) in [5, 5.41) is 6.30. The number of fused-ring (bicyclic) bond motifs is 3. The van der Waals surface area contributed by atoms with Crippen molar-refractivity contribution in [1.82, 2.24) is 19.7 Å². The summed E-state index contributed by atoms with van der Waals surface area (Å²) in [7, 11) is 0. The van der Waals surface area contributed by atoms with Crippen LogP contribution in [0.4, 0.5) is 14.6 Å². The fourth-order valence-corrected chi connectivity index (χ4v) is 3.90. The second-order valence-electron chi connectivity index (χ2n) is 8.67. The number of halogens is 2. The molecular weight excluding hydrogens is 412 g/mol. The molecule has 6 nitrogen and oxygen atoms in total. The number of aromatic nitrogens is 3. The Labute approximate surface area is 182 Å². The van der Waals surface area contributed by atoms with Gasteiger partial charge in [0.25, 0.3) is 5.91 Å². The highest BCUT2D eigenvalue weighted by atomic mass is 19.2. The summed E-state index contributed by atoms with van der Waals surface area (Å²) in [6, 6.07) is 9.77. The molecule has 2 aliphatic carbocycles. The molecule has 0 aliphatic heterocycles. The highest BCUT2D eigenvalue weighted by molar-refractivity contribution is 5.95. The summed E-state index contributed by atoms with van der Waals surface area (Å²) >= 11 is 0. The van der Waals surface area contributed by atoms with Gasteiger partial charge in [0.15, 0.2) is 23.1 Å². The average Bonchev–Trinajstić information content (AvgIpc) is 3.72. The number of hydrogen-bond donors (Lipinski definition) is 2. The topological polar surface area (TPSA) is 71.3 Å². The van der Waals surface area contributed by atoms with Gasteiger partial charge < -0.3 is 10.6 Å². The zero-order valence-corrected chi connectivity index (χ0v) is 17.2. The Morgan fingerprint density at radius 3 is 2.53 bits per heavy atom. The highest BCUT2D eigenvalue weighted by Crippen LogP contribution is 2.32. The van der Waals surface area contributed by atoms with E-state index in [-0.39, 0.29) is 11.9 Å². The number of carbonyl (C=O) groups excluding carboxylic acids is 1. The van der Waals surface area contributed by atoms with Gasteiger partial charge in [-0.15, -0.1) is 0 Å². The molecule has 2 aliphatic rings. The van der Waals surface area contributed by atoms with Gasteiger partial charge in [0, 0.05) is 35.8 Å². The minimum atomic E-state index is -0.940. The van der Waals surface area contributed by atoms with Gasteiger partial charge in [0.1, 0.15) is 0 Å². The first-order valence-corrected chi connectivity index (χ1v) is 10.9. The molecule has 8 heteroatoms. The number of anilines is 1. The average molecular weight is 433 g/mol. The molecule has 4 aromatic rings. The van der Waals surface area contributed by atoms with Crippen molar-refractivity contribution in [2.75, 3.05) is 11.9 Å². The van der Waals surface area contributed by atoms with Crippen molar-refractivity contribution in [2.45, 2.75) is 31.7 Å². The first-order chi connectivity index (χ1) is 15.6. The van der Waals surface area contributed by atoms with Gasteiger partial charge in [-0.05, 0) is 43.7 Å². The van der Waals surface area contributed by atoms with Crippen LogP contribution in [0.25, 0.3) is 27.9 Å². The van der Waals surface area contributed by atoms with Crippen LogP contribution in [-0.2, 0) is 0 Å². The van der Waals surface area contributed by atoms with E-state index in [4.69, 9.17) is 0 Å². The van der Waals surface area contributed by atoms with Crippen molar-refractivity contribution >= 4 is 28.4 Å². The smallest absolute Gasteiger partial charge is 0.251 e. The Kier molecular flexibility index (Phi) is 4.34. The van der Waals surface area contributed by atoms with Gasteiger partial charge in [0.2, 0.25) is 0 Å². The van der Waals surface area contributed by atoms with Gasteiger partial charge >= 0.3 is 0 Å². The van der Waals surface area contributed by atoms with Crippen molar-refractivity contribution in [3.05, 3.63) is 59.8 Å². The number of imidazole rings is 1. The van der Waals surface area contributed by atoms with Gasteiger partial charge in [-0.3, -0.25) is 9.20 Å². The van der Waals surface area contributed by atoms with Crippen LogP contribution in [0.15, 0.2) is 42.6 Å². The summed E-state index contributed by atoms with van der Waals surface area (Å²) in [5.41, 5.74) is 3.43. The van der Waals surface area contributed by atoms with E-state index in [1.807, 2.05) is 12.1 Å². The number of nitrogens with zero attached hydrogens (tertiary/aromatic N) is 3. The van der Waals surface area contributed by atoms with E-state index < -0.39 is 11.6 Å². The third kappa shape index (κ3) is 3.45. The Morgan fingerprint density at radius 1 is 1.06 bits per heavy atom. The molecule has 2 saturated carbocycles. The summed E-state index contributed by atoms with van der Waals surface area (Å²) in [6.45, 7) is 0.769. The number of amides is 1. The van der Waals surface area contributed by atoms with Crippen molar-refractivity contribution in [3.8, 4) is 11.3 Å². The lowest BCUT2D eigenvalue weighted by Gasteiger charge is -2.12. The van der Waals surface area contributed by atoms with Gasteiger partial charge in [0.05, 0.1) is 22.9 Å². The van der Waals surface area contributed by atoms with E-state index in [1.54, 1.807) is 22.7 Å². The van der Waals surface area contributed by atoms with E-state index in [2.05, 4.69) is 20.6 Å². The standard InChI is InChI=1S/C24H21F2N5O/c25-17-9-19-20(10-18(17)26)31-21(12-28-23(31)22(30-19)27-11-13-1-2-13)14-3-5-15(6-4-14)24(32)29-16-7-8-16/h3-6,9-10,12-13,16H,1-2,7-8,11H2,(H,27,30)(H,29,32). The molecular formula is C24H21F2N5O. The van der Waals surface area contributed by atoms with Crippen LogP contribution < -0.4 is 10.6 Å². The van der Waals surface area contributed by atoms with Gasteiger partial charge in [-0.2, -0.15) is 0 Å². The third-order valence-electron chi connectivity index (χ3n) is 6.07.